The Morgan fingerprint density at radius 1 is 1.00 bits per heavy atom. The van der Waals surface area contributed by atoms with E-state index in [9.17, 15) is 9.59 Å². The van der Waals surface area contributed by atoms with Gasteiger partial charge in [0.15, 0.2) is 0 Å². The van der Waals surface area contributed by atoms with Crippen LogP contribution in [0.5, 0.6) is 0 Å². The summed E-state index contributed by atoms with van der Waals surface area (Å²) in [6, 6.07) is 0. The average molecular weight is 229 g/mol. The highest BCUT2D eigenvalue weighted by Crippen LogP contribution is 1.88. The molecule has 7 heteroatoms. The smallest absolute Gasteiger partial charge is 0.316 e. The van der Waals surface area contributed by atoms with E-state index in [-0.39, 0.29) is 6.15 Å². The van der Waals surface area contributed by atoms with Crippen molar-refractivity contribution in [1.82, 2.24) is 6.15 Å². The third-order valence-electron chi connectivity index (χ3n) is 0.715. The van der Waals surface area contributed by atoms with Crippen molar-refractivity contribution in [2.75, 3.05) is 0 Å². The fourth-order valence-corrected chi connectivity index (χ4v) is 0. The largest absolute Gasteiger partial charge is 0.480 e. The van der Waals surface area contributed by atoms with E-state index >= 15 is 0 Å². The van der Waals surface area contributed by atoms with Crippen molar-refractivity contribution >= 4 is 37.2 Å². The lowest BCUT2D eigenvalue weighted by Gasteiger charge is -1.88. The number of hydrogen-bond acceptors (Lipinski definition) is 5. The SMILES string of the molecule is CC(S)C(=O)O.CC(S)C(=O)O.N. The molecule has 0 saturated heterocycles. The summed E-state index contributed by atoms with van der Waals surface area (Å²) in [5.74, 6) is -1.75. The molecular weight excluding hydrogens is 214 g/mol. The number of carboxylic acids is 2. The summed E-state index contributed by atoms with van der Waals surface area (Å²) in [6.45, 7) is 3.01. The first-order chi connectivity index (χ1) is 5.29. The lowest BCUT2D eigenvalue weighted by molar-refractivity contribution is -0.137. The number of aliphatic carboxylic acids is 2. The van der Waals surface area contributed by atoms with Crippen molar-refractivity contribution in [3.05, 3.63) is 0 Å². The molecule has 13 heavy (non-hydrogen) atoms. The van der Waals surface area contributed by atoms with Crippen LogP contribution in [-0.4, -0.2) is 32.7 Å². The zero-order valence-electron chi connectivity index (χ0n) is 7.47. The van der Waals surface area contributed by atoms with Gasteiger partial charge in [-0.05, 0) is 13.8 Å². The van der Waals surface area contributed by atoms with Gasteiger partial charge in [0.05, 0.1) is 10.5 Å². The molecule has 0 saturated carbocycles. The molecule has 0 rings (SSSR count). The van der Waals surface area contributed by atoms with Crippen LogP contribution in [0.15, 0.2) is 0 Å². The molecule has 0 aromatic rings. The van der Waals surface area contributed by atoms with E-state index in [0.29, 0.717) is 0 Å². The predicted octanol–water partition coefficient (Wildman–Crippen LogP) is 0.941. The minimum absolute atomic E-state index is 0. The molecule has 0 amide bonds. The van der Waals surface area contributed by atoms with Crippen LogP contribution in [0.1, 0.15) is 13.8 Å². The Hall–Kier alpha value is -0.400. The van der Waals surface area contributed by atoms with Gasteiger partial charge in [0, 0.05) is 0 Å². The molecule has 0 spiro atoms. The summed E-state index contributed by atoms with van der Waals surface area (Å²) in [6.07, 6.45) is 0. The molecule has 5 N–H and O–H groups in total. The molecule has 0 bridgehead atoms. The van der Waals surface area contributed by atoms with Crippen LogP contribution < -0.4 is 6.15 Å². The summed E-state index contributed by atoms with van der Waals surface area (Å²) in [4.78, 5) is 19.2. The molecule has 0 aliphatic heterocycles. The molecule has 0 aromatic heterocycles. The van der Waals surface area contributed by atoms with Crippen molar-refractivity contribution < 1.29 is 19.8 Å². The topological polar surface area (TPSA) is 110 Å². The zero-order valence-corrected chi connectivity index (χ0v) is 9.26. The quantitative estimate of drug-likeness (QED) is 0.453. The van der Waals surface area contributed by atoms with Crippen molar-refractivity contribution in [3.63, 3.8) is 0 Å². The third kappa shape index (κ3) is 18.5. The fraction of sp³-hybridized carbons (Fsp3) is 0.667. The molecule has 0 aliphatic rings. The molecule has 0 aromatic carbocycles. The van der Waals surface area contributed by atoms with Crippen molar-refractivity contribution in [1.29, 1.82) is 0 Å². The van der Waals surface area contributed by atoms with Gasteiger partial charge in [-0.1, -0.05) is 0 Å². The number of hydrogen-bond donors (Lipinski definition) is 5. The summed E-state index contributed by atoms with van der Waals surface area (Å²) in [5, 5.41) is 14.8. The Balaban J connectivity index is -0.000000143. The Kier molecular flexibility index (Phi) is 13.7. The molecule has 5 nitrogen and oxygen atoms in total. The van der Waals surface area contributed by atoms with E-state index < -0.39 is 22.4 Å². The molecule has 0 fully saturated rings. The molecule has 2 unspecified atom stereocenters. The highest BCUT2D eigenvalue weighted by atomic mass is 32.1. The van der Waals surface area contributed by atoms with Crippen molar-refractivity contribution in [2.24, 2.45) is 0 Å². The van der Waals surface area contributed by atoms with Gasteiger partial charge in [-0.25, -0.2) is 0 Å². The summed E-state index contributed by atoms with van der Waals surface area (Å²) in [5.41, 5.74) is 0. The van der Waals surface area contributed by atoms with E-state index in [1.165, 1.54) is 13.8 Å². The number of rotatable bonds is 2. The van der Waals surface area contributed by atoms with Gasteiger partial charge in [0.1, 0.15) is 0 Å². The van der Waals surface area contributed by atoms with Crippen molar-refractivity contribution in [2.45, 2.75) is 24.3 Å². The van der Waals surface area contributed by atoms with Gasteiger partial charge < -0.3 is 16.4 Å². The summed E-state index contributed by atoms with van der Waals surface area (Å²) in [7, 11) is 0. The maximum Gasteiger partial charge on any atom is 0.316 e. The van der Waals surface area contributed by atoms with Crippen LogP contribution in [0.25, 0.3) is 0 Å². The van der Waals surface area contributed by atoms with E-state index in [1.807, 2.05) is 0 Å². The highest BCUT2D eigenvalue weighted by molar-refractivity contribution is 7.81. The minimum Gasteiger partial charge on any atom is -0.480 e. The molecule has 80 valence electrons. The lowest BCUT2D eigenvalue weighted by atomic mass is 10.5. The van der Waals surface area contributed by atoms with E-state index in [4.69, 9.17) is 10.2 Å². The maximum absolute atomic E-state index is 9.62. The average Bonchev–Trinajstić information content (AvgIpc) is 1.88. The molecular formula is C6H15NO4S2. The molecule has 0 radical (unpaired) electrons. The highest BCUT2D eigenvalue weighted by Gasteiger charge is 2.00. The second-order valence-corrected chi connectivity index (χ2v) is 3.58. The van der Waals surface area contributed by atoms with Gasteiger partial charge in [-0.2, -0.15) is 25.3 Å². The van der Waals surface area contributed by atoms with E-state index in [0.717, 1.165) is 0 Å². The van der Waals surface area contributed by atoms with Gasteiger partial charge in [0.25, 0.3) is 0 Å². The van der Waals surface area contributed by atoms with Crippen molar-refractivity contribution in [3.8, 4) is 0 Å². The normalized spacial score (nSPS) is 12.6. The van der Waals surface area contributed by atoms with Gasteiger partial charge in [0.2, 0.25) is 0 Å². The number of carbonyl (C=O) groups is 2. The molecule has 0 aliphatic carbocycles. The Bertz CT molecular complexity index is 143. The second kappa shape index (κ2) is 9.69. The first-order valence-corrected chi connectivity index (χ1v) is 4.14. The monoisotopic (exact) mass is 229 g/mol. The first-order valence-electron chi connectivity index (χ1n) is 3.10. The molecule has 2 atom stereocenters. The Morgan fingerprint density at radius 2 is 1.08 bits per heavy atom. The van der Waals surface area contributed by atoms with Gasteiger partial charge in [-0.15, -0.1) is 0 Å². The number of carboxylic acid groups (broad SMARTS) is 2. The lowest BCUT2D eigenvalue weighted by Crippen LogP contribution is -2.06. The summed E-state index contributed by atoms with van der Waals surface area (Å²) >= 11 is 7.19. The van der Waals surface area contributed by atoms with Crippen LogP contribution in [-0.2, 0) is 9.59 Å². The van der Waals surface area contributed by atoms with Crippen LogP contribution >= 0.6 is 25.3 Å². The molecule has 0 heterocycles. The zero-order chi connectivity index (χ0) is 10.3. The van der Waals surface area contributed by atoms with E-state index in [1.54, 1.807) is 0 Å². The van der Waals surface area contributed by atoms with E-state index in [2.05, 4.69) is 25.3 Å². The van der Waals surface area contributed by atoms with Crippen LogP contribution in [0.2, 0.25) is 0 Å². The second-order valence-electron chi connectivity index (χ2n) is 2.03. The third-order valence-corrected chi connectivity index (χ3v) is 1.16. The van der Waals surface area contributed by atoms with Crippen LogP contribution in [0, 0.1) is 0 Å². The van der Waals surface area contributed by atoms with Crippen LogP contribution in [0.3, 0.4) is 0 Å². The van der Waals surface area contributed by atoms with Gasteiger partial charge in [-0.3, -0.25) is 9.59 Å². The Labute approximate surface area is 87.9 Å². The Morgan fingerprint density at radius 3 is 1.08 bits per heavy atom. The predicted molar refractivity (Wildman–Crippen MR) is 57.2 cm³/mol. The maximum atomic E-state index is 9.62. The number of thiol groups is 2. The van der Waals surface area contributed by atoms with Crippen LogP contribution in [0.4, 0.5) is 0 Å². The summed E-state index contributed by atoms with van der Waals surface area (Å²) < 4.78 is 0. The first kappa shape index (κ1) is 18.4. The standard InChI is InChI=1S/2C3H6O2S.H3N/c2*1-2(6)3(4)5;/h2*2,6H,1H3,(H,4,5);1H3. The minimum atomic E-state index is -0.877. The fourth-order valence-electron chi connectivity index (χ4n) is 0. The van der Waals surface area contributed by atoms with Gasteiger partial charge >= 0.3 is 11.9 Å².